The third-order valence-corrected chi connectivity index (χ3v) is 8.98. The average Bonchev–Trinajstić information content (AvgIpc) is 3.56. The number of rotatable bonds is 7. The number of nitrogens with zero attached hydrogens (tertiary/aromatic N) is 5. The van der Waals surface area contributed by atoms with E-state index >= 15 is 0 Å². The molecule has 10 heteroatoms. The molecule has 192 valence electrons. The molecule has 2 N–H and O–H groups in total. The lowest BCUT2D eigenvalue weighted by molar-refractivity contribution is 0.0904. The first-order valence-corrected chi connectivity index (χ1v) is 14.5. The van der Waals surface area contributed by atoms with Crippen molar-refractivity contribution in [3.05, 3.63) is 41.2 Å². The number of thioether (sulfide) groups is 1. The van der Waals surface area contributed by atoms with Crippen molar-refractivity contribution in [2.45, 2.75) is 43.8 Å². The Morgan fingerprint density at radius 3 is 2.72 bits per heavy atom. The molecule has 1 aromatic carbocycles. The second kappa shape index (κ2) is 11.1. The van der Waals surface area contributed by atoms with Gasteiger partial charge in [0.15, 0.2) is 0 Å². The van der Waals surface area contributed by atoms with E-state index in [2.05, 4.69) is 42.5 Å². The van der Waals surface area contributed by atoms with Crippen LogP contribution in [0.5, 0.6) is 0 Å². The van der Waals surface area contributed by atoms with E-state index < -0.39 is 0 Å². The summed E-state index contributed by atoms with van der Waals surface area (Å²) in [6.45, 7) is 6.81. The molecule has 4 aliphatic rings. The van der Waals surface area contributed by atoms with E-state index in [0.29, 0.717) is 12.1 Å². The highest BCUT2D eigenvalue weighted by Crippen LogP contribution is 2.39. The fourth-order valence-corrected chi connectivity index (χ4v) is 6.91. The summed E-state index contributed by atoms with van der Waals surface area (Å²) in [4.78, 5) is 18.8. The molecule has 0 amide bonds. The number of ether oxygens (including phenoxy) is 1. The Labute approximate surface area is 222 Å². The number of benzene rings is 1. The number of nitrogens with one attached hydrogen (secondary N) is 2. The van der Waals surface area contributed by atoms with Crippen LogP contribution in [0, 0.1) is 0 Å². The van der Waals surface area contributed by atoms with Crippen LogP contribution in [0.1, 0.15) is 24.8 Å². The molecule has 0 bridgehead atoms. The van der Waals surface area contributed by atoms with Gasteiger partial charge in [0.25, 0.3) is 0 Å². The first-order chi connectivity index (χ1) is 17.7. The van der Waals surface area contributed by atoms with Crippen LogP contribution in [0.15, 0.2) is 35.6 Å². The van der Waals surface area contributed by atoms with E-state index in [0.717, 1.165) is 94.0 Å². The largest absolute Gasteiger partial charge is 0.381 e. The van der Waals surface area contributed by atoms with Gasteiger partial charge in [-0.25, -0.2) is 9.97 Å². The van der Waals surface area contributed by atoms with Gasteiger partial charge in [-0.05, 0) is 43.0 Å². The van der Waals surface area contributed by atoms with Crippen molar-refractivity contribution in [2.24, 2.45) is 4.99 Å². The molecule has 0 spiro atoms. The molecule has 6 rings (SSSR count). The first kappa shape index (κ1) is 24.3. The second-order valence-electron chi connectivity index (χ2n) is 10.0. The summed E-state index contributed by atoms with van der Waals surface area (Å²) in [6.07, 6.45) is 7.75. The maximum atomic E-state index is 6.49. The van der Waals surface area contributed by atoms with E-state index in [1.165, 1.54) is 16.3 Å². The number of fused-ring (bicyclic) bond motifs is 1. The Morgan fingerprint density at radius 1 is 1.11 bits per heavy atom. The molecular formula is C26H34ClN7OS. The lowest BCUT2D eigenvalue weighted by Crippen LogP contribution is -2.47. The van der Waals surface area contributed by atoms with E-state index in [1.807, 2.05) is 30.2 Å². The van der Waals surface area contributed by atoms with Gasteiger partial charge in [0.1, 0.15) is 0 Å². The Balaban J connectivity index is 1.01. The number of piperazine rings is 1. The van der Waals surface area contributed by atoms with Gasteiger partial charge in [-0.15, -0.1) is 11.8 Å². The minimum Gasteiger partial charge on any atom is -0.381 e. The summed E-state index contributed by atoms with van der Waals surface area (Å²) in [6, 6.07) is 7.11. The summed E-state index contributed by atoms with van der Waals surface area (Å²) >= 11 is 8.42. The fraction of sp³-hybridized carbons (Fsp3) is 0.577. The number of hydrogen-bond acceptors (Lipinski definition) is 9. The Bertz CT molecular complexity index is 1070. The van der Waals surface area contributed by atoms with Gasteiger partial charge < -0.3 is 20.3 Å². The first-order valence-electron chi connectivity index (χ1n) is 13.1. The number of aromatic nitrogens is 2. The molecule has 2 aromatic rings. The standard InChI is InChI=1S/C26H34ClN7OS/c27-19-14-18-15-23(32-24(18)22(16-19)30-20-3-12-35-13-4-20)25-31-21(17-36-25)2-7-33-8-10-34(11-9-33)26-28-5-1-6-29-26/h1,5-6,14,16,20-21,23,30,32H,2-4,7-13,15,17H2/t21-,23?/m1/s1. The van der Waals surface area contributed by atoms with Crippen molar-refractivity contribution < 1.29 is 4.74 Å². The van der Waals surface area contributed by atoms with Gasteiger partial charge in [-0.2, -0.15) is 0 Å². The van der Waals surface area contributed by atoms with Crippen molar-refractivity contribution >= 4 is 45.7 Å². The van der Waals surface area contributed by atoms with E-state index in [1.54, 1.807) is 0 Å². The summed E-state index contributed by atoms with van der Waals surface area (Å²) in [7, 11) is 0. The van der Waals surface area contributed by atoms with E-state index in [9.17, 15) is 0 Å². The molecule has 0 saturated carbocycles. The van der Waals surface area contributed by atoms with Gasteiger partial charge >= 0.3 is 0 Å². The summed E-state index contributed by atoms with van der Waals surface area (Å²) in [5.74, 6) is 1.92. The molecule has 36 heavy (non-hydrogen) atoms. The number of hydrogen-bond donors (Lipinski definition) is 2. The van der Waals surface area contributed by atoms with Crippen LogP contribution in [0.25, 0.3) is 0 Å². The minimum absolute atomic E-state index is 0.248. The third kappa shape index (κ3) is 5.59. The van der Waals surface area contributed by atoms with E-state index in [4.69, 9.17) is 21.3 Å². The monoisotopic (exact) mass is 527 g/mol. The van der Waals surface area contributed by atoms with Gasteiger partial charge in [0.05, 0.1) is 28.5 Å². The highest BCUT2D eigenvalue weighted by atomic mass is 35.5. The fourth-order valence-electron chi connectivity index (χ4n) is 5.50. The highest BCUT2D eigenvalue weighted by Gasteiger charge is 2.32. The van der Waals surface area contributed by atoms with Crippen LogP contribution < -0.4 is 15.5 Å². The smallest absolute Gasteiger partial charge is 0.225 e. The summed E-state index contributed by atoms with van der Waals surface area (Å²) in [5, 5.41) is 9.54. The van der Waals surface area contributed by atoms with Crippen LogP contribution in [-0.4, -0.2) is 89.7 Å². The quantitative estimate of drug-likeness (QED) is 0.563. The lowest BCUT2D eigenvalue weighted by Gasteiger charge is -2.34. The average molecular weight is 528 g/mol. The molecule has 4 aliphatic heterocycles. The summed E-state index contributed by atoms with van der Waals surface area (Å²) in [5.41, 5.74) is 3.60. The van der Waals surface area contributed by atoms with Crippen LogP contribution >= 0.6 is 23.4 Å². The Hall–Kier alpha value is -2.07. The van der Waals surface area contributed by atoms with Crippen LogP contribution in [0.4, 0.5) is 17.3 Å². The SMILES string of the molecule is Clc1cc2c(c(NC3CCOCC3)c1)NC(C1=N[C@H](CCN3CCN(c4ncccn4)CC3)CS1)C2. The van der Waals surface area contributed by atoms with Gasteiger partial charge in [0.2, 0.25) is 5.95 Å². The van der Waals surface area contributed by atoms with Crippen molar-refractivity contribution in [2.75, 3.05) is 67.2 Å². The molecule has 1 unspecified atom stereocenters. The molecule has 5 heterocycles. The van der Waals surface area contributed by atoms with Crippen LogP contribution in [0.3, 0.4) is 0 Å². The van der Waals surface area contributed by atoms with Gasteiger partial charge in [-0.3, -0.25) is 9.89 Å². The molecule has 2 saturated heterocycles. The van der Waals surface area contributed by atoms with Crippen molar-refractivity contribution in [3.8, 4) is 0 Å². The molecule has 2 atom stereocenters. The lowest BCUT2D eigenvalue weighted by atomic mass is 10.1. The molecule has 2 fully saturated rings. The zero-order valence-corrected chi connectivity index (χ0v) is 22.1. The van der Waals surface area contributed by atoms with Gasteiger partial charge in [-0.1, -0.05) is 11.6 Å². The second-order valence-corrected chi connectivity index (χ2v) is 11.5. The minimum atomic E-state index is 0.248. The maximum Gasteiger partial charge on any atom is 0.225 e. The zero-order valence-electron chi connectivity index (χ0n) is 20.5. The maximum absolute atomic E-state index is 6.49. The van der Waals surface area contributed by atoms with E-state index in [-0.39, 0.29) is 6.04 Å². The topological polar surface area (TPSA) is 77.9 Å². The van der Waals surface area contributed by atoms with Crippen molar-refractivity contribution in [1.82, 2.24) is 14.9 Å². The normalized spacial score (nSPS) is 24.9. The molecule has 0 aliphatic carbocycles. The predicted octanol–water partition coefficient (Wildman–Crippen LogP) is 3.78. The number of halogens is 1. The Morgan fingerprint density at radius 2 is 1.92 bits per heavy atom. The zero-order chi connectivity index (χ0) is 24.3. The summed E-state index contributed by atoms with van der Waals surface area (Å²) < 4.78 is 5.52. The molecule has 8 nitrogen and oxygen atoms in total. The van der Waals surface area contributed by atoms with Crippen LogP contribution in [0.2, 0.25) is 5.02 Å². The molecule has 1 aromatic heterocycles. The van der Waals surface area contributed by atoms with Crippen molar-refractivity contribution in [1.29, 1.82) is 0 Å². The Kier molecular flexibility index (Phi) is 7.50. The number of anilines is 3. The predicted molar refractivity (Wildman–Crippen MR) is 149 cm³/mol. The van der Waals surface area contributed by atoms with Gasteiger partial charge in [0, 0.05) is 81.6 Å². The molecule has 0 radical (unpaired) electrons. The highest BCUT2D eigenvalue weighted by molar-refractivity contribution is 8.14. The number of aliphatic imine (C=N–C) groups is 1. The third-order valence-electron chi connectivity index (χ3n) is 7.53. The molecular weight excluding hydrogens is 494 g/mol. The van der Waals surface area contributed by atoms with Crippen molar-refractivity contribution in [3.63, 3.8) is 0 Å². The van der Waals surface area contributed by atoms with Crippen LogP contribution in [-0.2, 0) is 11.2 Å².